The largest absolute Gasteiger partial charge is 0.479 e. The van der Waals surface area contributed by atoms with Gasteiger partial charge >= 0.3 is 0 Å². The van der Waals surface area contributed by atoms with E-state index in [9.17, 15) is 4.79 Å². The average molecular weight is 279 g/mol. The molecule has 20 heavy (non-hydrogen) atoms. The van der Waals surface area contributed by atoms with Crippen molar-refractivity contribution in [1.29, 1.82) is 0 Å². The molecule has 1 unspecified atom stereocenters. The lowest BCUT2D eigenvalue weighted by atomic mass is 10.1. The highest BCUT2D eigenvalue weighted by atomic mass is 16.5. The Labute approximate surface area is 121 Å². The first kappa shape index (κ1) is 16.4. The van der Waals surface area contributed by atoms with E-state index in [4.69, 9.17) is 4.74 Å². The Morgan fingerprint density at radius 2 is 2.10 bits per heavy atom. The van der Waals surface area contributed by atoms with E-state index in [1.165, 1.54) is 0 Å². The summed E-state index contributed by atoms with van der Waals surface area (Å²) in [5.74, 6) is 0.481. The van der Waals surface area contributed by atoms with E-state index in [1.54, 1.807) is 13.1 Å². The van der Waals surface area contributed by atoms with Crippen LogP contribution in [-0.2, 0) is 11.3 Å². The first-order valence-corrected chi connectivity index (χ1v) is 6.96. The van der Waals surface area contributed by atoms with Gasteiger partial charge in [0.05, 0.1) is 11.9 Å². The van der Waals surface area contributed by atoms with Gasteiger partial charge in [-0.1, -0.05) is 0 Å². The van der Waals surface area contributed by atoms with Crippen LogP contribution in [-0.4, -0.2) is 29.1 Å². The molecule has 0 bridgehead atoms. The quantitative estimate of drug-likeness (QED) is 0.834. The van der Waals surface area contributed by atoms with E-state index in [0.717, 1.165) is 5.69 Å². The lowest BCUT2D eigenvalue weighted by Gasteiger charge is -2.20. The van der Waals surface area contributed by atoms with E-state index in [0.29, 0.717) is 18.8 Å². The molecule has 0 aliphatic heterocycles. The van der Waals surface area contributed by atoms with E-state index in [1.807, 2.05) is 19.1 Å². The molecule has 0 aromatic carbocycles. The summed E-state index contributed by atoms with van der Waals surface area (Å²) in [6, 6.07) is 3.74. The molecule has 0 aliphatic rings. The van der Waals surface area contributed by atoms with Crippen molar-refractivity contribution in [1.82, 2.24) is 15.6 Å². The van der Waals surface area contributed by atoms with Crippen molar-refractivity contribution in [2.45, 2.75) is 52.8 Å². The molecule has 0 radical (unpaired) electrons. The Balaban J connectivity index is 2.52. The van der Waals surface area contributed by atoms with Gasteiger partial charge in [0.2, 0.25) is 0 Å². The standard InChI is InChI=1S/C15H25N3O2/c1-6-16-14(19)11(2)20-13-8-7-12(17-10-13)9-18-15(3,4)5/h7-8,10-11,18H,6,9H2,1-5H3,(H,16,19). The highest BCUT2D eigenvalue weighted by Gasteiger charge is 2.13. The molecule has 0 fully saturated rings. The maximum absolute atomic E-state index is 11.6. The van der Waals surface area contributed by atoms with Crippen molar-refractivity contribution in [3.8, 4) is 5.75 Å². The number of carbonyl (C=O) groups excluding carboxylic acids is 1. The van der Waals surface area contributed by atoms with Gasteiger partial charge in [-0.2, -0.15) is 0 Å². The van der Waals surface area contributed by atoms with Crippen molar-refractivity contribution in [3.63, 3.8) is 0 Å². The van der Waals surface area contributed by atoms with Crippen LogP contribution in [0.2, 0.25) is 0 Å². The maximum atomic E-state index is 11.6. The number of aromatic nitrogens is 1. The zero-order valence-corrected chi connectivity index (χ0v) is 13.0. The number of nitrogens with one attached hydrogen (secondary N) is 2. The summed E-state index contributed by atoms with van der Waals surface area (Å²) in [7, 11) is 0. The van der Waals surface area contributed by atoms with Crippen LogP contribution in [0.5, 0.6) is 5.75 Å². The number of rotatable bonds is 6. The topological polar surface area (TPSA) is 63.2 Å². The van der Waals surface area contributed by atoms with Crippen LogP contribution < -0.4 is 15.4 Å². The molecular formula is C15H25N3O2. The number of ether oxygens (including phenoxy) is 1. The van der Waals surface area contributed by atoms with Crippen LogP contribution >= 0.6 is 0 Å². The molecule has 1 atom stereocenters. The summed E-state index contributed by atoms with van der Waals surface area (Å²) in [4.78, 5) is 15.9. The number of pyridine rings is 1. The van der Waals surface area contributed by atoms with Gasteiger partial charge < -0.3 is 15.4 Å². The maximum Gasteiger partial charge on any atom is 0.260 e. The number of nitrogens with zero attached hydrogens (tertiary/aromatic N) is 1. The van der Waals surface area contributed by atoms with Crippen LogP contribution in [0, 0.1) is 0 Å². The summed E-state index contributed by atoms with van der Waals surface area (Å²) in [6.07, 6.45) is 1.13. The molecule has 0 saturated heterocycles. The van der Waals surface area contributed by atoms with Gasteiger partial charge in [-0.25, -0.2) is 0 Å². The molecule has 1 aromatic heterocycles. The molecule has 2 N–H and O–H groups in total. The van der Waals surface area contributed by atoms with Gasteiger partial charge in [-0.3, -0.25) is 9.78 Å². The molecule has 0 aliphatic carbocycles. The number of carbonyl (C=O) groups is 1. The van der Waals surface area contributed by atoms with Crippen LogP contribution in [0.4, 0.5) is 0 Å². The molecule has 1 rings (SSSR count). The van der Waals surface area contributed by atoms with Crippen molar-refractivity contribution in [2.75, 3.05) is 6.54 Å². The smallest absolute Gasteiger partial charge is 0.260 e. The van der Waals surface area contributed by atoms with Gasteiger partial charge in [-0.15, -0.1) is 0 Å². The third-order valence-electron chi connectivity index (χ3n) is 2.63. The van der Waals surface area contributed by atoms with Gasteiger partial charge in [0.1, 0.15) is 5.75 Å². The fourth-order valence-electron chi connectivity index (χ4n) is 1.52. The van der Waals surface area contributed by atoms with E-state index >= 15 is 0 Å². The van der Waals surface area contributed by atoms with E-state index < -0.39 is 6.10 Å². The third kappa shape index (κ3) is 6.02. The molecular weight excluding hydrogens is 254 g/mol. The number of hydrogen-bond acceptors (Lipinski definition) is 4. The molecule has 1 heterocycles. The summed E-state index contributed by atoms with van der Waals surface area (Å²) in [5, 5.41) is 6.09. The Hall–Kier alpha value is -1.62. The van der Waals surface area contributed by atoms with Gasteiger partial charge in [-0.05, 0) is 46.8 Å². The lowest BCUT2D eigenvalue weighted by Crippen LogP contribution is -2.36. The van der Waals surface area contributed by atoms with Crippen molar-refractivity contribution >= 4 is 5.91 Å². The second-order valence-corrected chi connectivity index (χ2v) is 5.74. The molecule has 1 amide bonds. The van der Waals surface area contributed by atoms with Crippen LogP contribution in [0.25, 0.3) is 0 Å². The van der Waals surface area contributed by atoms with Crippen molar-refractivity contribution in [2.24, 2.45) is 0 Å². The summed E-state index contributed by atoms with van der Waals surface area (Å²) in [6.45, 7) is 11.2. The van der Waals surface area contributed by atoms with Gasteiger partial charge in [0.15, 0.2) is 6.10 Å². The van der Waals surface area contributed by atoms with Crippen LogP contribution in [0.15, 0.2) is 18.3 Å². The summed E-state index contributed by atoms with van der Waals surface area (Å²) >= 11 is 0. The van der Waals surface area contributed by atoms with E-state index in [-0.39, 0.29) is 11.4 Å². The fourth-order valence-corrected chi connectivity index (χ4v) is 1.52. The predicted octanol–water partition coefficient (Wildman–Crippen LogP) is 1.87. The number of likely N-dealkylation sites (N-methyl/N-ethyl adjacent to an activating group) is 1. The zero-order valence-electron chi connectivity index (χ0n) is 13.0. The van der Waals surface area contributed by atoms with Gasteiger partial charge in [0, 0.05) is 18.6 Å². The van der Waals surface area contributed by atoms with Crippen molar-refractivity contribution < 1.29 is 9.53 Å². The number of hydrogen-bond donors (Lipinski definition) is 2. The normalized spacial score (nSPS) is 12.8. The van der Waals surface area contributed by atoms with Crippen LogP contribution in [0.3, 0.4) is 0 Å². The minimum Gasteiger partial charge on any atom is -0.479 e. The Morgan fingerprint density at radius 1 is 1.40 bits per heavy atom. The Morgan fingerprint density at radius 3 is 2.60 bits per heavy atom. The second kappa shape index (κ2) is 7.24. The molecule has 5 heteroatoms. The summed E-state index contributed by atoms with van der Waals surface area (Å²) in [5.41, 5.74) is 1.00. The first-order chi connectivity index (χ1) is 9.31. The fraction of sp³-hybridized carbons (Fsp3) is 0.600. The first-order valence-electron chi connectivity index (χ1n) is 6.96. The molecule has 5 nitrogen and oxygen atoms in total. The Bertz CT molecular complexity index is 424. The predicted molar refractivity (Wildman–Crippen MR) is 79.6 cm³/mol. The zero-order chi connectivity index (χ0) is 15.2. The minimum absolute atomic E-state index is 0.0591. The third-order valence-corrected chi connectivity index (χ3v) is 2.63. The monoisotopic (exact) mass is 279 g/mol. The highest BCUT2D eigenvalue weighted by Crippen LogP contribution is 2.12. The van der Waals surface area contributed by atoms with E-state index in [2.05, 4.69) is 36.4 Å². The number of amides is 1. The molecule has 0 spiro atoms. The summed E-state index contributed by atoms with van der Waals surface area (Å²) < 4.78 is 5.53. The van der Waals surface area contributed by atoms with Crippen molar-refractivity contribution in [3.05, 3.63) is 24.0 Å². The molecule has 0 saturated carbocycles. The lowest BCUT2D eigenvalue weighted by molar-refractivity contribution is -0.127. The SMILES string of the molecule is CCNC(=O)C(C)Oc1ccc(CNC(C)(C)C)nc1. The Kier molecular flexibility index (Phi) is 5.95. The highest BCUT2D eigenvalue weighted by molar-refractivity contribution is 5.80. The van der Waals surface area contributed by atoms with Crippen LogP contribution in [0.1, 0.15) is 40.3 Å². The van der Waals surface area contributed by atoms with Gasteiger partial charge in [0.25, 0.3) is 5.91 Å². The average Bonchev–Trinajstić information content (AvgIpc) is 2.37. The molecule has 112 valence electrons. The second-order valence-electron chi connectivity index (χ2n) is 5.74. The molecule has 1 aromatic rings. The minimum atomic E-state index is -0.518.